The SMILES string of the molecule is Nc1cc(N)c(COc2ccncn2)cc1N. The Balaban J connectivity index is 2.12. The largest absolute Gasteiger partial charge is 0.473 e. The average molecular weight is 231 g/mol. The van der Waals surface area contributed by atoms with Crippen molar-refractivity contribution in [2.24, 2.45) is 0 Å². The van der Waals surface area contributed by atoms with Gasteiger partial charge < -0.3 is 21.9 Å². The van der Waals surface area contributed by atoms with Crippen LogP contribution in [0.2, 0.25) is 0 Å². The number of aromatic nitrogens is 2. The second-order valence-corrected chi connectivity index (χ2v) is 3.52. The molecule has 0 saturated heterocycles. The first-order valence-electron chi connectivity index (χ1n) is 4.99. The highest BCUT2D eigenvalue weighted by Crippen LogP contribution is 2.23. The van der Waals surface area contributed by atoms with Crippen LogP contribution in [0.3, 0.4) is 0 Å². The van der Waals surface area contributed by atoms with Crippen LogP contribution >= 0.6 is 0 Å². The average Bonchev–Trinajstić information content (AvgIpc) is 2.33. The number of nitrogens with zero attached hydrogens (tertiary/aromatic N) is 2. The van der Waals surface area contributed by atoms with Crippen molar-refractivity contribution in [3.05, 3.63) is 36.3 Å². The second-order valence-electron chi connectivity index (χ2n) is 3.52. The summed E-state index contributed by atoms with van der Waals surface area (Å²) in [5.41, 5.74) is 19.4. The molecule has 6 N–H and O–H groups in total. The minimum absolute atomic E-state index is 0.285. The number of hydrogen-bond acceptors (Lipinski definition) is 6. The van der Waals surface area contributed by atoms with Crippen molar-refractivity contribution >= 4 is 17.1 Å². The van der Waals surface area contributed by atoms with E-state index in [2.05, 4.69) is 9.97 Å². The Morgan fingerprint density at radius 1 is 1.06 bits per heavy atom. The number of nitrogen functional groups attached to an aromatic ring is 3. The monoisotopic (exact) mass is 231 g/mol. The van der Waals surface area contributed by atoms with Gasteiger partial charge in [0.2, 0.25) is 5.88 Å². The standard InChI is InChI=1S/C11H13N5O/c12-8-4-10(14)9(13)3-7(8)5-17-11-1-2-15-6-16-11/h1-4,6H,5,12-14H2. The van der Waals surface area contributed by atoms with Crippen LogP contribution in [0, 0.1) is 0 Å². The van der Waals surface area contributed by atoms with Gasteiger partial charge in [-0.15, -0.1) is 0 Å². The third kappa shape index (κ3) is 2.54. The number of ether oxygens (including phenoxy) is 1. The number of benzene rings is 1. The van der Waals surface area contributed by atoms with Crippen molar-refractivity contribution in [2.45, 2.75) is 6.61 Å². The molecule has 1 heterocycles. The fraction of sp³-hybridized carbons (Fsp3) is 0.0909. The van der Waals surface area contributed by atoms with E-state index in [0.29, 0.717) is 22.9 Å². The minimum Gasteiger partial charge on any atom is -0.473 e. The molecule has 0 fully saturated rings. The van der Waals surface area contributed by atoms with Gasteiger partial charge in [-0.25, -0.2) is 9.97 Å². The van der Waals surface area contributed by atoms with Gasteiger partial charge in [-0.1, -0.05) is 0 Å². The van der Waals surface area contributed by atoms with E-state index in [0.717, 1.165) is 5.56 Å². The third-order valence-electron chi connectivity index (χ3n) is 2.28. The van der Waals surface area contributed by atoms with Gasteiger partial charge in [-0.2, -0.15) is 0 Å². The highest BCUT2D eigenvalue weighted by molar-refractivity contribution is 5.71. The lowest BCUT2D eigenvalue weighted by Gasteiger charge is -2.10. The predicted octanol–water partition coefficient (Wildman–Crippen LogP) is 0.802. The van der Waals surface area contributed by atoms with Gasteiger partial charge in [-0.3, -0.25) is 0 Å². The summed E-state index contributed by atoms with van der Waals surface area (Å²) in [5, 5.41) is 0. The fourth-order valence-corrected chi connectivity index (χ4v) is 1.34. The van der Waals surface area contributed by atoms with E-state index < -0.39 is 0 Å². The van der Waals surface area contributed by atoms with E-state index in [1.165, 1.54) is 6.33 Å². The molecule has 1 aromatic carbocycles. The summed E-state index contributed by atoms with van der Waals surface area (Å²) in [6.07, 6.45) is 3.01. The maximum Gasteiger partial charge on any atom is 0.216 e. The summed E-state index contributed by atoms with van der Waals surface area (Å²) >= 11 is 0. The van der Waals surface area contributed by atoms with Gasteiger partial charge in [0, 0.05) is 23.5 Å². The summed E-state index contributed by atoms with van der Waals surface area (Å²) in [7, 11) is 0. The molecule has 6 heteroatoms. The molecular weight excluding hydrogens is 218 g/mol. The van der Waals surface area contributed by atoms with Gasteiger partial charge in [-0.05, 0) is 12.1 Å². The zero-order valence-electron chi connectivity index (χ0n) is 9.13. The van der Waals surface area contributed by atoms with E-state index in [1.807, 2.05) is 0 Å². The summed E-state index contributed by atoms with van der Waals surface area (Å²) in [4.78, 5) is 7.72. The van der Waals surface area contributed by atoms with Crippen molar-refractivity contribution < 1.29 is 4.74 Å². The Labute approximate surface area is 98.4 Å². The Bertz CT molecular complexity index is 515. The number of rotatable bonds is 3. The molecule has 0 atom stereocenters. The lowest BCUT2D eigenvalue weighted by molar-refractivity contribution is 0.294. The maximum atomic E-state index is 5.81. The van der Waals surface area contributed by atoms with E-state index in [4.69, 9.17) is 21.9 Å². The molecule has 2 rings (SSSR count). The summed E-state index contributed by atoms with van der Waals surface area (Å²) in [5.74, 6) is 0.481. The molecule has 6 nitrogen and oxygen atoms in total. The highest BCUT2D eigenvalue weighted by atomic mass is 16.5. The maximum absolute atomic E-state index is 5.81. The smallest absolute Gasteiger partial charge is 0.216 e. The van der Waals surface area contributed by atoms with Crippen molar-refractivity contribution in [3.8, 4) is 5.88 Å². The molecule has 0 aliphatic carbocycles. The van der Waals surface area contributed by atoms with Crippen molar-refractivity contribution in [1.82, 2.24) is 9.97 Å². The molecule has 88 valence electrons. The Morgan fingerprint density at radius 2 is 1.82 bits per heavy atom. The number of nitrogens with two attached hydrogens (primary N) is 3. The van der Waals surface area contributed by atoms with Crippen LogP contribution in [0.5, 0.6) is 5.88 Å². The van der Waals surface area contributed by atoms with Crippen LogP contribution in [-0.4, -0.2) is 9.97 Å². The Hall–Kier alpha value is -2.50. The van der Waals surface area contributed by atoms with E-state index in [-0.39, 0.29) is 6.61 Å². The van der Waals surface area contributed by atoms with Gasteiger partial charge in [0.15, 0.2) is 0 Å². The Kier molecular flexibility index (Phi) is 2.95. The van der Waals surface area contributed by atoms with Gasteiger partial charge >= 0.3 is 0 Å². The predicted molar refractivity (Wildman–Crippen MR) is 66.0 cm³/mol. The summed E-state index contributed by atoms with van der Waals surface area (Å²) < 4.78 is 5.44. The van der Waals surface area contributed by atoms with Crippen molar-refractivity contribution in [2.75, 3.05) is 17.2 Å². The highest BCUT2D eigenvalue weighted by Gasteiger charge is 2.04. The molecule has 1 aromatic heterocycles. The first-order valence-corrected chi connectivity index (χ1v) is 4.99. The molecule has 0 radical (unpaired) electrons. The van der Waals surface area contributed by atoms with Crippen molar-refractivity contribution in [3.63, 3.8) is 0 Å². The molecule has 0 aliphatic rings. The minimum atomic E-state index is 0.285. The fourth-order valence-electron chi connectivity index (χ4n) is 1.34. The summed E-state index contributed by atoms with van der Waals surface area (Å²) in [6.45, 7) is 0.285. The Morgan fingerprint density at radius 3 is 2.53 bits per heavy atom. The molecule has 2 aromatic rings. The van der Waals surface area contributed by atoms with Crippen molar-refractivity contribution in [1.29, 1.82) is 0 Å². The lowest BCUT2D eigenvalue weighted by Crippen LogP contribution is -2.04. The molecule has 0 spiro atoms. The normalized spacial score (nSPS) is 10.1. The van der Waals surface area contributed by atoms with Gasteiger partial charge in [0.25, 0.3) is 0 Å². The second kappa shape index (κ2) is 4.56. The third-order valence-corrected chi connectivity index (χ3v) is 2.28. The van der Waals surface area contributed by atoms with Crippen LogP contribution in [0.15, 0.2) is 30.7 Å². The quantitative estimate of drug-likeness (QED) is 0.673. The molecule has 0 bridgehead atoms. The van der Waals surface area contributed by atoms with E-state index in [1.54, 1.807) is 24.4 Å². The number of hydrogen-bond donors (Lipinski definition) is 3. The summed E-state index contributed by atoms with van der Waals surface area (Å²) in [6, 6.07) is 4.98. The van der Waals surface area contributed by atoms with E-state index >= 15 is 0 Å². The first kappa shape index (κ1) is 11.0. The van der Waals surface area contributed by atoms with Gasteiger partial charge in [0.05, 0.1) is 11.4 Å². The van der Waals surface area contributed by atoms with Crippen LogP contribution in [0.25, 0.3) is 0 Å². The van der Waals surface area contributed by atoms with E-state index in [9.17, 15) is 0 Å². The van der Waals surface area contributed by atoms with Crippen LogP contribution in [-0.2, 0) is 6.61 Å². The van der Waals surface area contributed by atoms with Gasteiger partial charge in [0.1, 0.15) is 12.9 Å². The molecular formula is C11H13N5O. The topological polar surface area (TPSA) is 113 Å². The zero-order chi connectivity index (χ0) is 12.3. The molecule has 17 heavy (non-hydrogen) atoms. The molecule has 0 aliphatic heterocycles. The van der Waals surface area contributed by atoms with Crippen LogP contribution < -0.4 is 21.9 Å². The molecule has 0 unspecified atom stereocenters. The van der Waals surface area contributed by atoms with Crippen LogP contribution in [0.4, 0.5) is 17.1 Å². The number of anilines is 3. The van der Waals surface area contributed by atoms with Crippen LogP contribution in [0.1, 0.15) is 5.56 Å². The zero-order valence-corrected chi connectivity index (χ0v) is 9.13. The first-order chi connectivity index (χ1) is 8.16. The molecule has 0 amide bonds. The lowest BCUT2D eigenvalue weighted by atomic mass is 10.1. The molecule has 0 saturated carbocycles.